The van der Waals surface area contributed by atoms with E-state index in [1.807, 2.05) is 24.3 Å². The van der Waals surface area contributed by atoms with Gasteiger partial charge in [0, 0.05) is 23.1 Å². The molecule has 2 aromatic carbocycles. The van der Waals surface area contributed by atoms with Gasteiger partial charge in [0.1, 0.15) is 0 Å². The molecule has 3 rings (SSSR count). The lowest BCUT2D eigenvalue weighted by Crippen LogP contribution is -2.12. The zero-order valence-electron chi connectivity index (χ0n) is 15.3. The third-order valence-electron chi connectivity index (χ3n) is 4.10. The average molecular weight is 412 g/mol. The SMILES string of the molecule is CCCc1ccc(-c2csc(NC(=O)c3cc([N+](=O)[O-])cc([N+](=O)[O-])c3)n2)cc1. The third-order valence-corrected chi connectivity index (χ3v) is 4.86. The summed E-state index contributed by atoms with van der Waals surface area (Å²) < 4.78 is 0. The first-order valence-corrected chi connectivity index (χ1v) is 9.55. The highest BCUT2D eigenvalue weighted by molar-refractivity contribution is 7.14. The molecule has 1 N–H and O–H groups in total. The van der Waals surface area contributed by atoms with Gasteiger partial charge >= 0.3 is 0 Å². The summed E-state index contributed by atoms with van der Waals surface area (Å²) in [4.78, 5) is 37.2. The van der Waals surface area contributed by atoms with E-state index in [0.29, 0.717) is 5.69 Å². The number of hydrogen-bond donors (Lipinski definition) is 1. The van der Waals surface area contributed by atoms with Crippen LogP contribution < -0.4 is 5.32 Å². The Kier molecular flexibility index (Phi) is 5.93. The Bertz CT molecular complexity index is 1050. The van der Waals surface area contributed by atoms with Gasteiger partial charge in [-0.3, -0.25) is 30.3 Å². The van der Waals surface area contributed by atoms with Crippen molar-refractivity contribution in [3.63, 3.8) is 0 Å². The molecule has 3 aromatic rings. The van der Waals surface area contributed by atoms with E-state index < -0.39 is 27.1 Å². The number of amides is 1. The molecule has 1 amide bonds. The molecule has 0 bridgehead atoms. The van der Waals surface area contributed by atoms with Gasteiger partial charge in [-0.1, -0.05) is 37.6 Å². The first-order chi connectivity index (χ1) is 13.9. The molecule has 148 valence electrons. The average Bonchev–Trinajstić information content (AvgIpc) is 3.16. The molecule has 0 fully saturated rings. The zero-order chi connectivity index (χ0) is 21.0. The number of carbonyl (C=O) groups excluding carboxylic acids is 1. The van der Waals surface area contributed by atoms with E-state index in [4.69, 9.17) is 0 Å². The van der Waals surface area contributed by atoms with E-state index in [1.165, 1.54) is 16.9 Å². The second-order valence-corrected chi connectivity index (χ2v) is 7.05. The van der Waals surface area contributed by atoms with E-state index >= 15 is 0 Å². The molecule has 0 saturated heterocycles. The fourth-order valence-electron chi connectivity index (χ4n) is 2.70. The van der Waals surface area contributed by atoms with Crippen LogP contribution in [0.5, 0.6) is 0 Å². The van der Waals surface area contributed by atoms with Crippen LogP contribution in [-0.2, 0) is 6.42 Å². The number of anilines is 1. The summed E-state index contributed by atoms with van der Waals surface area (Å²) in [6.45, 7) is 2.11. The molecule has 0 radical (unpaired) electrons. The Hall–Kier alpha value is -3.66. The number of nitrogens with one attached hydrogen (secondary N) is 1. The maximum Gasteiger partial charge on any atom is 0.277 e. The quantitative estimate of drug-likeness (QED) is 0.437. The Balaban J connectivity index is 1.80. The number of rotatable bonds is 7. The van der Waals surface area contributed by atoms with Crippen LogP contribution in [0.3, 0.4) is 0 Å². The van der Waals surface area contributed by atoms with E-state index in [9.17, 15) is 25.0 Å². The molecule has 29 heavy (non-hydrogen) atoms. The van der Waals surface area contributed by atoms with Crippen LogP contribution in [0.15, 0.2) is 47.8 Å². The Labute approximate surface area is 169 Å². The van der Waals surface area contributed by atoms with Crippen LogP contribution in [0, 0.1) is 20.2 Å². The Morgan fingerprint density at radius 3 is 2.24 bits per heavy atom. The maximum absolute atomic E-state index is 12.4. The molecule has 0 aliphatic heterocycles. The number of thiazole rings is 1. The second kappa shape index (κ2) is 8.57. The molecule has 0 aliphatic rings. The summed E-state index contributed by atoms with van der Waals surface area (Å²) in [5.41, 5.74) is 1.55. The van der Waals surface area contributed by atoms with Crippen molar-refractivity contribution in [3.8, 4) is 11.3 Å². The number of nitrogens with zero attached hydrogens (tertiary/aromatic N) is 3. The van der Waals surface area contributed by atoms with Crippen molar-refractivity contribution in [1.82, 2.24) is 4.98 Å². The monoisotopic (exact) mass is 412 g/mol. The predicted molar refractivity (Wildman–Crippen MR) is 109 cm³/mol. The summed E-state index contributed by atoms with van der Waals surface area (Å²) in [5.74, 6) is -0.712. The number of aryl methyl sites for hydroxylation is 1. The number of aromatic nitrogens is 1. The molecule has 0 atom stereocenters. The summed E-state index contributed by atoms with van der Waals surface area (Å²) in [6, 6.07) is 10.7. The number of benzene rings is 2. The molecule has 0 aliphatic carbocycles. The summed E-state index contributed by atoms with van der Waals surface area (Å²) in [7, 11) is 0. The second-order valence-electron chi connectivity index (χ2n) is 6.19. The standard InChI is InChI=1S/C19H16N4O5S/c1-2-3-12-4-6-13(7-5-12)17-11-29-19(20-17)21-18(24)14-8-15(22(25)26)10-16(9-14)23(27)28/h4-11H,2-3H2,1H3,(H,20,21,24). The largest absolute Gasteiger partial charge is 0.298 e. The van der Waals surface area contributed by atoms with Gasteiger partial charge in [-0.25, -0.2) is 4.98 Å². The fourth-order valence-corrected chi connectivity index (χ4v) is 3.42. The number of hydrogen-bond acceptors (Lipinski definition) is 7. The van der Waals surface area contributed by atoms with Crippen LogP contribution in [0.2, 0.25) is 0 Å². The van der Waals surface area contributed by atoms with Crippen molar-refractivity contribution in [2.75, 3.05) is 5.32 Å². The summed E-state index contributed by atoms with van der Waals surface area (Å²) >= 11 is 1.19. The molecule has 1 aromatic heterocycles. The lowest BCUT2D eigenvalue weighted by Gasteiger charge is -2.03. The predicted octanol–water partition coefficient (Wildman–Crippen LogP) is 4.83. The number of non-ortho nitro benzene ring substituents is 2. The lowest BCUT2D eigenvalue weighted by molar-refractivity contribution is -0.394. The summed E-state index contributed by atoms with van der Waals surface area (Å²) in [5, 5.41) is 26.6. The van der Waals surface area contributed by atoms with Gasteiger partial charge < -0.3 is 0 Å². The van der Waals surface area contributed by atoms with Crippen molar-refractivity contribution in [1.29, 1.82) is 0 Å². The van der Waals surface area contributed by atoms with Crippen molar-refractivity contribution < 1.29 is 14.6 Å². The van der Waals surface area contributed by atoms with E-state index in [-0.39, 0.29) is 10.7 Å². The van der Waals surface area contributed by atoms with Crippen molar-refractivity contribution in [2.24, 2.45) is 0 Å². The Morgan fingerprint density at radius 2 is 1.69 bits per heavy atom. The molecular formula is C19H16N4O5S. The maximum atomic E-state index is 12.4. The van der Waals surface area contributed by atoms with Crippen molar-refractivity contribution in [3.05, 3.63) is 79.2 Å². The van der Waals surface area contributed by atoms with E-state index in [0.717, 1.165) is 36.6 Å². The van der Waals surface area contributed by atoms with Gasteiger partial charge in [-0.15, -0.1) is 11.3 Å². The van der Waals surface area contributed by atoms with Crippen molar-refractivity contribution in [2.45, 2.75) is 19.8 Å². The molecular weight excluding hydrogens is 396 g/mol. The van der Waals surface area contributed by atoms with Gasteiger partial charge in [0.05, 0.1) is 27.2 Å². The van der Waals surface area contributed by atoms with Gasteiger partial charge in [0.25, 0.3) is 17.3 Å². The first kappa shape index (κ1) is 20.1. The van der Waals surface area contributed by atoms with Crippen LogP contribution in [0.1, 0.15) is 29.3 Å². The Morgan fingerprint density at radius 1 is 1.07 bits per heavy atom. The third kappa shape index (κ3) is 4.79. The van der Waals surface area contributed by atoms with Crippen LogP contribution in [0.4, 0.5) is 16.5 Å². The van der Waals surface area contributed by atoms with Crippen LogP contribution in [-0.4, -0.2) is 20.7 Å². The highest BCUT2D eigenvalue weighted by Crippen LogP contribution is 2.27. The van der Waals surface area contributed by atoms with Gasteiger partial charge in [-0.05, 0) is 12.0 Å². The highest BCUT2D eigenvalue weighted by atomic mass is 32.1. The first-order valence-electron chi connectivity index (χ1n) is 8.67. The van der Waals surface area contributed by atoms with Gasteiger partial charge in [0.2, 0.25) is 0 Å². The lowest BCUT2D eigenvalue weighted by atomic mass is 10.1. The van der Waals surface area contributed by atoms with Gasteiger partial charge in [0.15, 0.2) is 5.13 Å². The minimum atomic E-state index is -0.784. The van der Waals surface area contributed by atoms with E-state index in [2.05, 4.69) is 17.2 Å². The van der Waals surface area contributed by atoms with E-state index in [1.54, 1.807) is 5.38 Å². The minimum Gasteiger partial charge on any atom is -0.298 e. The highest BCUT2D eigenvalue weighted by Gasteiger charge is 2.20. The number of carbonyl (C=O) groups is 1. The molecule has 0 unspecified atom stereocenters. The minimum absolute atomic E-state index is 0.188. The zero-order valence-corrected chi connectivity index (χ0v) is 16.1. The smallest absolute Gasteiger partial charge is 0.277 e. The van der Waals surface area contributed by atoms with Gasteiger partial charge in [-0.2, -0.15) is 0 Å². The molecule has 0 saturated carbocycles. The molecule has 10 heteroatoms. The molecule has 0 spiro atoms. The normalized spacial score (nSPS) is 10.5. The topological polar surface area (TPSA) is 128 Å². The van der Waals surface area contributed by atoms with Crippen molar-refractivity contribution >= 4 is 33.8 Å². The summed E-state index contributed by atoms with van der Waals surface area (Å²) in [6.07, 6.45) is 2.05. The van der Waals surface area contributed by atoms with Crippen LogP contribution in [0.25, 0.3) is 11.3 Å². The number of nitro benzene ring substituents is 2. The number of nitro groups is 2. The van der Waals surface area contributed by atoms with Crippen LogP contribution >= 0.6 is 11.3 Å². The fraction of sp³-hybridized carbons (Fsp3) is 0.158. The molecule has 9 nitrogen and oxygen atoms in total. The molecule has 1 heterocycles.